The molecule has 3 heterocycles. The Labute approximate surface area is 276 Å². The first kappa shape index (κ1) is 33.5. The first-order chi connectivity index (χ1) is 22.3. The lowest BCUT2D eigenvalue weighted by Crippen LogP contribution is -2.37. The van der Waals surface area contributed by atoms with Crippen molar-refractivity contribution in [3.63, 3.8) is 0 Å². The third kappa shape index (κ3) is 7.10. The summed E-state index contributed by atoms with van der Waals surface area (Å²) in [7, 11) is 3.89. The molecule has 9 heteroatoms. The molecule has 0 bridgehead atoms. The van der Waals surface area contributed by atoms with Crippen molar-refractivity contribution in [3.8, 4) is 17.0 Å². The van der Waals surface area contributed by atoms with Gasteiger partial charge in [-0.1, -0.05) is 26.7 Å². The van der Waals surface area contributed by atoms with Gasteiger partial charge < -0.3 is 28.6 Å². The van der Waals surface area contributed by atoms with E-state index in [4.69, 9.17) is 14.2 Å². The molecular formula is C37H47N3O5S. The molecule has 0 atom stereocenters. The van der Waals surface area contributed by atoms with Crippen LogP contribution in [0.3, 0.4) is 0 Å². The maximum absolute atomic E-state index is 12.6. The number of ether oxygens (including phenoxy) is 3. The molecule has 1 fully saturated rings. The van der Waals surface area contributed by atoms with E-state index in [1.165, 1.54) is 16.0 Å². The lowest BCUT2D eigenvalue weighted by molar-refractivity contribution is -0.116. The number of fused-ring (bicyclic) bond motifs is 1. The maximum atomic E-state index is 12.6. The zero-order valence-corrected chi connectivity index (χ0v) is 28.9. The third-order valence-electron chi connectivity index (χ3n) is 8.86. The number of anilines is 2. The Morgan fingerprint density at radius 3 is 2.33 bits per heavy atom. The van der Waals surface area contributed by atoms with Crippen molar-refractivity contribution in [2.75, 3.05) is 49.8 Å². The molecule has 46 heavy (non-hydrogen) atoms. The standard InChI is InChI=1S/C37H47N3O5S/c1-7-10-26(11-8-2)34-35(39(6)32-23-33(46-36(32)34)37(42)44-9-3)27-12-15-30(16-13-27)45-24-28-22-29(38(5)25(4)41)14-17-31(28)40-18-20-43-21-19-40/h12-17,22-23,26H,7-11,18-21,24H2,1-6H3. The van der Waals surface area contributed by atoms with Gasteiger partial charge in [-0.2, -0.15) is 0 Å². The number of thiophene rings is 1. The van der Waals surface area contributed by atoms with Gasteiger partial charge in [0.25, 0.3) is 0 Å². The quantitative estimate of drug-likeness (QED) is 0.137. The Morgan fingerprint density at radius 1 is 1.00 bits per heavy atom. The predicted molar refractivity (Wildman–Crippen MR) is 188 cm³/mol. The van der Waals surface area contributed by atoms with Crippen LogP contribution in [-0.2, 0) is 27.9 Å². The SMILES string of the molecule is CCCC(CCC)c1c(-c2ccc(OCc3cc(N(C)C(C)=O)ccc3N3CCOCC3)cc2)n(C)c2cc(C(=O)OCC)sc12. The van der Waals surface area contributed by atoms with Gasteiger partial charge in [0.1, 0.15) is 17.2 Å². The number of aryl methyl sites for hydroxylation is 1. The van der Waals surface area contributed by atoms with Crippen molar-refractivity contribution < 1.29 is 23.8 Å². The Kier molecular flexibility index (Phi) is 11.1. The first-order valence-corrected chi connectivity index (χ1v) is 17.3. The number of hydrogen-bond donors (Lipinski definition) is 0. The van der Waals surface area contributed by atoms with Crippen LogP contribution >= 0.6 is 11.3 Å². The van der Waals surface area contributed by atoms with Gasteiger partial charge in [0, 0.05) is 51.0 Å². The molecular weight excluding hydrogens is 598 g/mol. The maximum Gasteiger partial charge on any atom is 0.348 e. The molecule has 2 aromatic carbocycles. The topological polar surface area (TPSA) is 73.2 Å². The van der Waals surface area contributed by atoms with Crippen LogP contribution in [0.25, 0.3) is 21.5 Å². The molecule has 0 aliphatic carbocycles. The minimum absolute atomic E-state index is 0.0151. The number of amides is 1. The molecule has 0 N–H and O–H groups in total. The molecule has 1 aliphatic heterocycles. The molecule has 4 aromatic rings. The van der Waals surface area contributed by atoms with E-state index in [1.807, 2.05) is 31.2 Å². The van der Waals surface area contributed by atoms with Crippen LogP contribution in [0.5, 0.6) is 5.75 Å². The normalized spacial score (nSPS) is 13.4. The highest BCUT2D eigenvalue weighted by atomic mass is 32.1. The van der Waals surface area contributed by atoms with Crippen molar-refractivity contribution in [2.45, 2.75) is 65.9 Å². The fourth-order valence-electron chi connectivity index (χ4n) is 6.45. The van der Waals surface area contributed by atoms with Crippen molar-refractivity contribution in [1.82, 2.24) is 4.57 Å². The van der Waals surface area contributed by atoms with E-state index >= 15 is 0 Å². The van der Waals surface area contributed by atoms with Crippen LogP contribution in [0, 0.1) is 0 Å². The molecule has 0 spiro atoms. The number of rotatable bonds is 13. The number of nitrogens with zero attached hydrogens (tertiary/aromatic N) is 3. The van der Waals surface area contributed by atoms with Crippen molar-refractivity contribution in [2.24, 2.45) is 7.05 Å². The Morgan fingerprint density at radius 2 is 1.70 bits per heavy atom. The van der Waals surface area contributed by atoms with E-state index < -0.39 is 0 Å². The average Bonchev–Trinajstić information content (AvgIpc) is 3.62. The van der Waals surface area contributed by atoms with E-state index in [9.17, 15) is 9.59 Å². The summed E-state index contributed by atoms with van der Waals surface area (Å²) in [6, 6.07) is 16.5. The molecule has 1 aliphatic rings. The second-order valence-corrected chi connectivity index (χ2v) is 13.0. The van der Waals surface area contributed by atoms with Crippen LogP contribution in [0.15, 0.2) is 48.5 Å². The zero-order valence-electron chi connectivity index (χ0n) is 28.1. The van der Waals surface area contributed by atoms with Gasteiger partial charge in [-0.15, -0.1) is 11.3 Å². The number of hydrogen-bond acceptors (Lipinski definition) is 7. The molecule has 1 saturated heterocycles. The molecule has 0 saturated carbocycles. The number of benzene rings is 2. The lowest BCUT2D eigenvalue weighted by Gasteiger charge is -2.31. The fraction of sp³-hybridized carbons (Fsp3) is 0.459. The van der Waals surface area contributed by atoms with Gasteiger partial charge in [0.15, 0.2) is 0 Å². The van der Waals surface area contributed by atoms with E-state index in [2.05, 4.69) is 54.6 Å². The highest BCUT2D eigenvalue weighted by Crippen LogP contribution is 2.45. The Bertz CT molecular complexity index is 1650. The van der Waals surface area contributed by atoms with Gasteiger partial charge in [-0.25, -0.2) is 4.79 Å². The predicted octanol–water partition coefficient (Wildman–Crippen LogP) is 8.17. The number of aromatic nitrogens is 1. The minimum atomic E-state index is -0.254. The zero-order chi connectivity index (χ0) is 32.8. The van der Waals surface area contributed by atoms with E-state index in [0.29, 0.717) is 37.2 Å². The van der Waals surface area contributed by atoms with Crippen LogP contribution in [-0.4, -0.2) is 56.4 Å². The number of carbonyl (C=O) groups is 2. The van der Waals surface area contributed by atoms with Gasteiger partial charge in [-0.05, 0) is 85.3 Å². The van der Waals surface area contributed by atoms with Gasteiger partial charge in [0.2, 0.25) is 5.91 Å². The van der Waals surface area contributed by atoms with Gasteiger partial charge in [0.05, 0.1) is 35.7 Å². The highest BCUT2D eigenvalue weighted by molar-refractivity contribution is 7.21. The van der Waals surface area contributed by atoms with Crippen molar-refractivity contribution in [1.29, 1.82) is 0 Å². The molecule has 5 rings (SSSR count). The fourth-order valence-corrected chi connectivity index (χ4v) is 7.66. The molecule has 0 unspecified atom stereocenters. The van der Waals surface area contributed by atoms with Gasteiger partial charge in [-0.3, -0.25) is 4.79 Å². The smallest absolute Gasteiger partial charge is 0.348 e. The minimum Gasteiger partial charge on any atom is -0.489 e. The van der Waals surface area contributed by atoms with E-state index in [0.717, 1.165) is 72.5 Å². The summed E-state index contributed by atoms with van der Waals surface area (Å²) in [5.74, 6) is 0.911. The van der Waals surface area contributed by atoms with E-state index in [-0.39, 0.29) is 11.9 Å². The second-order valence-electron chi connectivity index (χ2n) is 11.9. The molecule has 1 amide bonds. The van der Waals surface area contributed by atoms with Crippen LogP contribution in [0.4, 0.5) is 11.4 Å². The highest BCUT2D eigenvalue weighted by Gasteiger charge is 2.27. The van der Waals surface area contributed by atoms with E-state index in [1.54, 1.807) is 30.2 Å². The molecule has 2 aromatic heterocycles. The lowest BCUT2D eigenvalue weighted by atomic mass is 9.88. The van der Waals surface area contributed by atoms with Crippen LogP contribution < -0.4 is 14.5 Å². The van der Waals surface area contributed by atoms with Crippen LogP contribution in [0.2, 0.25) is 0 Å². The summed E-state index contributed by atoms with van der Waals surface area (Å²) in [4.78, 5) is 29.4. The first-order valence-electron chi connectivity index (χ1n) is 16.5. The number of esters is 1. The summed E-state index contributed by atoms with van der Waals surface area (Å²) in [5.41, 5.74) is 7.70. The van der Waals surface area contributed by atoms with Crippen molar-refractivity contribution in [3.05, 3.63) is 64.5 Å². The van der Waals surface area contributed by atoms with Crippen molar-refractivity contribution >= 4 is 44.8 Å². The van der Waals surface area contributed by atoms with Gasteiger partial charge >= 0.3 is 5.97 Å². The molecule has 246 valence electrons. The third-order valence-corrected chi connectivity index (χ3v) is 10.0. The summed E-state index contributed by atoms with van der Waals surface area (Å²) in [6.07, 6.45) is 4.38. The number of carbonyl (C=O) groups excluding carboxylic acids is 2. The Balaban J connectivity index is 1.46. The Hall–Kier alpha value is -3.82. The summed E-state index contributed by atoms with van der Waals surface area (Å²) in [5, 5.41) is 0. The van der Waals surface area contributed by atoms with Crippen LogP contribution in [0.1, 0.15) is 80.1 Å². The average molecular weight is 646 g/mol. The molecule has 0 radical (unpaired) electrons. The molecule has 8 nitrogen and oxygen atoms in total. The largest absolute Gasteiger partial charge is 0.489 e. The summed E-state index contributed by atoms with van der Waals surface area (Å²) >= 11 is 1.55. The number of morpholine rings is 1. The summed E-state index contributed by atoms with van der Waals surface area (Å²) < 4.78 is 20.7. The summed E-state index contributed by atoms with van der Waals surface area (Å²) in [6.45, 7) is 11.7. The monoisotopic (exact) mass is 645 g/mol. The second kappa shape index (κ2) is 15.2.